The van der Waals surface area contributed by atoms with Crippen LogP contribution in [0.25, 0.3) is 0 Å². The van der Waals surface area contributed by atoms with Crippen molar-refractivity contribution in [3.63, 3.8) is 0 Å². The van der Waals surface area contributed by atoms with Gasteiger partial charge in [0.15, 0.2) is 6.04 Å². The van der Waals surface area contributed by atoms with Gasteiger partial charge in [-0.1, -0.05) is 36.7 Å². The van der Waals surface area contributed by atoms with Gasteiger partial charge in [-0.25, -0.2) is 4.90 Å². The first kappa shape index (κ1) is 17.2. The molecular weight excluding hydrogens is 380 g/mol. The molecule has 1 aromatic carbocycles. The lowest BCUT2D eigenvalue weighted by Crippen LogP contribution is -3.18. The van der Waals surface area contributed by atoms with Gasteiger partial charge in [0.1, 0.15) is 0 Å². The number of rotatable bonds is 2. The molecule has 134 valence electrons. The largest absolute Gasteiger partial charge is 0.321 e. The molecule has 2 saturated heterocycles. The van der Waals surface area contributed by atoms with Crippen LogP contribution < -0.4 is 9.80 Å². The number of benzene rings is 1. The van der Waals surface area contributed by atoms with Crippen molar-refractivity contribution in [1.82, 2.24) is 0 Å². The normalized spacial score (nSPS) is 37.0. The molecule has 3 fully saturated rings. The minimum absolute atomic E-state index is 0.0173. The third kappa shape index (κ3) is 2.95. The van der Waals surface area contributed by atoms with Crippen LogP contribution in [-0.4, -0.2) is 30.4 Å². The van der Waals surface area contributed by atoms with Crippen molar-refractivity contribution in [1.29, 1.82) is 0 Å². The van der Waals surface area contributed by atoms with Gasteiger partial charge in [-0.2, -0.15) is 0 Å². The van der Waals surface area contributed by atoms with Crippen molar-refractivity contribution in [2.24, 2.45) is 10.8 Å². The molecular formula is C20H26BrN2O2+. The summed E-state index contributed by atoms with van der Waals surface area (Å²) >= 11 is 3.40. The number of amides is 2. The fraction of sp³-hybridized carbons (Fsp3) is 0.600. The van der Waals surface area contributed by atoms with E-state index < -0.39 is 0 Å². The molecule has 4 nitrogen and oxygen atoms in total. The van der Waals surface area contributed by atoms with E-state index in [-0.39, 0.29) is 17.9 Å². The number of hydrogen-bond acceptors (Lipinski definition) is 2. The number of nitrogens with zero attached hydrogens (tertiary/aromatic N) is 1. The van der Waals surface area contributed by atoms with Gasteiger partial charge in [0.25, 0.3) is 5.91 Å². The number of halogens is 1. The Morgan fingerprint density at radius 1 is 1.12 bits per heavy atom. The minimum Gasteiger partial charge on any atom is -0.321 e. The number of nitrogens with one attached hydrogen (secondary N) is 1. The van der Waals surface area contributed by atoms with Crippen LogP contribution in [0.2, 0.25) is 0 Å². The molecule has 2 aliphatic heterocycles. The average molecular weight is 406 g/mol. The molecule has 0 spiro atoms. The molecule has 2 bridgehead atoms. The Morgan fingerprint density at radius 3 is 2.48 bits per heavy atom. The molecule has 0 aromatic heterocycles. The SMILES string of the molecule is CC1(C)C[C@@H]2C[C@](C)(C[NH+]2[C@H]2CC(=O)N(c3ccc(Br)cc3)C2=O)C1. The summed E-state index contributed by atoms with van der Waals surface area (Å²) < 4.78 is 0.945. The van der Waals surface area contributed by atoms with E-state index >= 15 is 0 Å². The zero-order valence-electron chi connectivity index (χ0n) is 15.1. The van der Waals surface area contributed by atoms with Gasteiger partial charge >= 0.3 is 0 Å². The highest BCUT2D eigenvalue weighted by molar-refractivity contribution is 9.10. The van der Waals surface area contributed by atoms with Gasteiger partial charge in [0, 0.05) is 22.7 Å². The number of carbonyl (C=O) groups excluding carboxylic acids is 2. The number of quaternary nitrogens is 1. The topological polar surface area (TPSA) is 41.8 Å². The zero-order chi connectivity index (χ0) is 18.0. The van der Waals surface area contributed by atoms with Crippen molar-refractivity contribution in [3.8, 4) is 0 Å². The van der Waals surface area contributed by atoms with Gasteiger partial charge in [0.2, 0.25) is 5.91 Å². The van der Waals surface area contributed by atoms with Crippen LogP contribution in [0.3, 0.4) is 0 Å². The lowest BCUT2D eigenvalue weighted by Gasteiger charge is -2.37. The van der Waals surface area contributed by atoms with E-state index in [1.165, 1.54) is 22.6 Å². The van der Waals surface area contributed by atoms with E-state index in [0.717, 1.165) is 17.4 Å². The first-order chi connectivity index (χ1) is 11.7. The molecule has 1 N–H and O–H groups in total. The monoisotopic (exact) mass is 405 g/mol. The summed E-state index contributed by atoms with van der Waals surface area (Å²) in [5.41, 5.74) is 1.32. The van der Waals surface area contributed by atoms with E-state index in [4.69, 9.17) is 0 Å². The second-order valence-electron chi connectivity index (χ2n) is 9.31. The van der Waals surface area contributed by atoms with E-state index in [9.17, 15) is 9.59 Å². The fourth-order valence-electron chi connectivity index (χ4n) is 5.86. The summed E-state index contributed by atoms with van der Waals surface area (Å²) in [4.78, 5) is 28.5. The van der Waals surface area contributed by atoms with Gasteiger partial charge in [-0.15, -0.1) is 0 Å². The van der Waals surface area contributed by atoms with E-state index in [0.29, 0.717) is 29.0 Å². The van der Waals surface area contributed by atoms with E-state index in [1.807, 2.05) is 24.3 Å². The van der Waals surface area contributed by atoms with Crippen LogP contribution >= 0.6 is 15.9 Å². The Hall–Kier alpha value is -1.20. The number of likely N-dealkylation sites (tertiary alicyclic amines) is 1. The van der Waals surface area contributed by atoms with Crippen molar-refractivity contribution in [2.75, 3.05) is 11.4 Å². The number of imide groups is 1. The lowest BCUT2D eigenvalue weighted by molar-refractivity contribution is -0.929. The molecule has 1 saturated carbocycles. The first-order valence-corrected chi connectivity index (χ1v) is 9.95. The molecule has 1 aromatic rings. The number of anilines is 1. The van der Waals surface area contributed by atoms with Crippen LogP contribution in [0.4, 0.5) is 5.69 Å². The van der Waals surface area contributed by atoms with Crippen molar-refractivity contribution in [2.45, 2.75) is 58.5 Å². The molecule has 1 aliphatic carbocycles. The molecule has 1 unspecified atom stereocenters. The summed E-state index contributed by atoms with van der Waals surface area (Å²) in [6.45, 7) is 8.06. The number of fused-ring (bicyclic) bond motifs is 2. The quantitative estimate of drug-likeness (QED) is 0.768. The summed E-state index contributed by atoms with van der Waals surface area (Å²) in [6, 6.07) is 7.72. The lowest BCUT2D eigenvalue weighted by atomic mass is 9.65. The Balaban J connectivity index is 1.59. The predicted molar refractivity (Wildman–Crippen MR) is 100 cm³/mol. The van der Waals surface area contributed by atoms with Crippen molar-refractivity contribution < 1.29 is 14.5 Å². The van der Waals surface area contributed by atoms with Crippen LogP contribution in [-0.2, 0) is 9.59 Å². The van der Waals surface area contributed by atoms with Gasteiger partial charge in [-0.05, 0) is 36.1 Å². The van der Waals surface area contributed by atoms with Gasteiger partial charge in [0.05, 0.1) is 24.7 Å². The maximum atomic E-state index is 13.1. The fourth-order valence-corrected chi connectivity index (χ4v) is 6.12. The molecule has 4 rings (SSSR count). The summed E-state index contributed by atoms with van der Waals surface area (Å²) in [7, 11) is 0. The molecule has 2 amide bonds. The maximum Gasteiger partial charge on any atom is 0.292 e. The zero-order valence-corrected chi connectivity index (χ0v) is 16.7. The molecule has 3 aliphatic rings. The molecule has 5 heteroatoms. The van der Waals surface area contributed by atoms with E-state index in [2.05, 4.69) is 36.7 Å². The number of hydrogen-bond donors (Lipinski definition) is 1. The highest BCUT2D eigenvalue weighted by atomic mass is 79.9. The van der Waals surface area contributed by atoms with Crippen LogP contribution in [0.1, 0.15) is 46.5 Å². The Labute approximate surface area is 157 Å². The molecule has 2 heterocycles. The first-order valence-electron chi connectivity index (χ1n) is 9.16. The summed E-state index contributed by atoms with van der Waals surface area (Å²) in [6.07, 6.45) is 3.89. The third-order valence-electron chi connectivity index (χ3n) is 6.28. The smallest absolute Gasteiger partial charge is 0.292 e. The molecule has 4 atom stereocenters. The second kappa shape index (κ2) is 5.65. The van der Waals surface area contributed by atoms with Crippen molar-refractivity contribution >= 4 is 33.4 Å². The van der Waals surface area contributed by atoms with Crippen molar-refractivity contribution in [3.05, 3.63) is 28.7 Å². The molecule has 25 heavy (non-hydrogen) atoms. The standard InChI is InChI=1S/C20H25BrN2O2/c1-19(2)9-15-10-20(3,11-19)12-22(15)16-8-17(24)23(18(16)25)14-6-4-13(21)5-7-14/h4-7,15-16H,8-12H2,1-3H3/p+1/t15-,16+,20+/m1/s1. The molecule has 0 radical (unpaired) electrons. The Bertz CT molecular complexity index is 730. The predicted octanol–water partition coefficient (Wildman–Crippen LogP) is 2.56. The number of carbonyl (C=O) groups is 2. The maximum absolute atomic E-state index is 13.1. The average Bonchev–Trinajstić information content (AvgIpc) is 2.92. The van der Waals surface area contributed by atoms with Gasteiger partial charge in [-0.3, -0.25) is 9.59 Å². The van der Waals surface area contributed by atoms with Crippen LogP contribution in [0.15, 0.2) is 28.7 Å². The van der Waals surface area contributed by atoms with Crippen LogP contribution in [0.5, 0.6) is 0 Å². The highest BCUT2D eigenvalue weighted by Gasteiger charge is 2.58. The van der Waals surface area contributed by atoms with Gasteiger partial charge < -0.3 is 4.90 Å². The summed E-state index contributed by atoms with van der Waals surface area (Å²) in [5.74, 6) is -0.0769. The Kier molecular flexibility index (Phi) is 3.89. The minimum atomic E-state index is -0.211. The second-order valence-corrected chi connectivity index (χ2v) is 10.2. The third-order valence-corrected chi connectivity index (χ3v) is 6.81. The van der Waals surface area contributed by atoms with E-state index in [1.54, 1.807) is 0 Å². The summed E-state index contributed by atoms with van der Waals surface area (Å²) in [5, 5.41) is 0. The highest BCUT2D eigenvalue weighted by Crippen LogP contribution is 2.47. The van der Waals surface area contributed by atoms with Crippen LogP contribution in [0, 0.1) is 10.8 Å². The Morgan fingerprint density at radius 2 is 1.80 bits per heavy atom.